The molecule has 3 N–H and O–H groups in total. The number of hydrogen-bond acceptors (Lipinski definition) is 4. The van der Waals surface area contributed by atoms with Crippen molar-refractivity contribution >= 4 is 11.9 Å². The fourth-order valence-corrected chi connectivity index (χ4v) is 4.20. The summed E-state index contributed by atoms with van der Waals surface area (Å²) in [5.74, 6) is -1.50. The van der Waals surface area contributed by atoms with E-state index in [9.17, 15) is 22.8 Å². The van der Waals surface area contributed by atoms with Crippen LogP contribution in [0.25, 0.3) is 0 Å². The van der Waals surface area contributed by atoms with E-state index in [-0.39, 0.29) is 24.2 Å². The number of likely N-dealkylation sites (tertiary alicyclic amines) is 2. The number of nitrogens with one attached hydrogen (secondary N) is 1. The number of nitrogens with two attached hydrogens (primary N) is 1. The van der Waals surface area contributed by atoms with Crippen molar-refractivity contribution in [2.75, 3.05) is 33.2 Å². The van der Waals surface area contributed by atoms with E-state index in [0.717, 1.165) is 18.4 Å². The van der Waals surface area contributed by atoms with Crippen LogP contribution in [-0.4, -0.2) is 67.4 Å². The number of halogens is 3. The number of rotatable bonds is 4. The summed E-state index contributed by atoms with van der Waals surface area (Å²) in [6.07, 6.45) is -2.59. The molecule has 2 atom stereocenters. The van der Waals surface area contributed by atoms with Gasteiger partial charge in [-0.15, -0.1) is 13.2 Å². The average Bonchev–Trinajstić information content (AvgIpc) is 2.72. The summed E-state index contributed by atoms with van der Waals surface area (Å²) in [6.45, 7) is 1.91. The van der Waals surface area contributed by atoms with Crippen LogP contribution in [0.5, 0.6) is 5.75 Å². The number of urea groups is 1. The Balaban J connectivity index is 1.71. The zero-order valence-corrected chi connectivity index (χ0v) is 16.8. The number of primary amides is 1. The second-order valence-corrected chi connectivity index (χ2v) is 7.89. The lowest BCUT2D eigenvalue weighted by Gasteiger charge is -2.41. The zero-order chi connectivity index (χ0) is 21.9. The number of nitrogens with zero attached hydrogens (tertiary/aromatic N) is 2. The lowest BCUT2D eigenvalue weighted by molar-refractivity contribution is -0.274. The highest BCUT2D eigenvalue weighted by atomic mass is 19.4. The Labute approximate surface area is 173 Å². The van der Waals surface area contributed by atoms with E-state index in [4.69, 9.17) is 5.73 Å². The summed E-state index contributed by atoms with van der Waals surface area (Å²) in [7, 11) is 1.90. The highest BCUT2D eigenvalue weighted by molar-refractivity contribution is 5.80. The van der Waals surface area contributed by atoms with Gasteiger partial charge in [-0.25, -0.2) is 4.79 Å². The fourth-order valence-electron chi connectivity index (χ4n) is 4.20. The maximum absolute atomic E-state index is 13.0. The van der Waals surface area contributed by atoms with E-state index >= 15 is 0 Å². The molecule has 30 heavy (non-hydrogen) atoms. The lowest BCUT2D eigenvalue weighted by atomic mass is 9.84. The third kappa shape index (κ3) is 5.56. The highest BCUT2D eigenvalue weighted by Crippen LogP contribution is 2.33. The van der Waals surface area contributed by atoms with Crippen molar-refractivity contribution in [1.82, 2.24) is 15.1 Å². The molecule has 0 aromatic heterocycles. The van der Waals surface area contributed by atoms with Crippen LogP contribution in [0.4, 0.5) is 18.0 Å². The third-order valence-corrected chi connectivity index (χ3v) is 5.88. The second-order valence-electron chi connectivity index (χ2n) is 7.89. The van der Waals surface area contributed by atoms with Gasteiger partial charge in [-0.1, -0.05) is 12.1 Å². The van der Waals surface area contributed by atoms with Gasteiger partial charge in [0.05, 0.1) is 5.92 Å². The summed E-state index contributed by atoms with van der Waals surface area (Å²) in [5.41, 5.74) is 6.27. The molecule has 0 aliphatic carbocycles. The maximum Gasteiger partial charge on any atom is 0.573 e. The molecular formula is C20H27F3N4O3. The third-order valence-electron chi connectivity index (χ3n) is 5.88. The minimum absolute atomic E-state index is 0.127. The molecule has 0 bridgehead atoms. The first kappa shape index (κ1) is 22.2. The first-order chi connectivity index (χ1) is 14.2. The molecular weight excluding hydrogens is 401 g/mol. The van der Waals surface area contributed by atoms with E-state index in [1.54, 1.807) is 9.80 Å². The Morgan fingerprint density at radius 2 is 1.73 bits per heavy atom. The normalized spacial score (nSPS) is 23.3. The molecule has 0 saturated carbocycles. The van der Waals surface area contributed by atoms with Crippen LogP contribution >= 0.6 is 0 Å². The number of amides is 3. The van der Waals surface area contributed by atoms with Gasteiger partial charge >= 0.3 is 12.4 Å². The summed E-state index contributed by atoms with van der Waals surface area (Å²) in [6, 6.07) is 5.82. The maximum atomic E-state index is 13.0. The van der Waals surface area contributed by atoms with Gasteiger partial charge in [-0.2, -0.15) is 0 Å². The second kappa shape index (κ2) is 9.11. The van der Waals surface area contributed by atoms with Crippen molar-refractivity contribution in [2.24, 2.45) is 11.7 Å². The Kier molecular flexibility index (Phi) is 6.74. The van der Waals surface area contributed by atoms with E-state index in [2.05, 4.69) is 10.1 Å². The predicted octanol–water partition coefficient (Wildman–Crippen LogP) is 2.28. The number of hydrogen-bond donors (Lipinski definition) is 2. The van der Waals surface area contributed by atoms with Gasteiger partial charge in [-0.3, -0.25) is 4.79 Å². The molecule has 2 heterocycles. The largest absolute Gasteiger partial charge is 0.573 e. The lowest BCUT2D eigenvalue weighted by Crippen LogP contribution is -2.54. The fraction of sp³-hybridized carbons (Fsp3) is 0.600. The average molecular weight is 428 g/mol. The van der Waals surface area contributed by atoms with Crippen molar-refractivity contribution in [3.05, 3.63) is 29.8 Å². The van der Waals surface area contributed by atoms with Crippen LogP contribution in [0.2, 0.25) is 0 Å². The molecule has 1 aromatic rings. The first-order valence-corrected chi connectivity index (χ1v) is 10.0. The predicted molar refractivity (Wildman–Crippen MR) is 104 cm³/mol. The van der Waals surface area contributed by atoms with Gasteiger partial charge in [-0.05, 0) is 44.0 Å². The van der Waals surface area contributed by atoms with Gasteiger partial charge in [0.1, 0.15) is 5.75 Å². The molecule has 2 aliphatic heterocycles. The van der Waals surface area contributed by atoms with Gasteiger partial charge in [0.2, 0.25) is 5.91 Å². The van der Waals surface area contributed by atoms with Gasteiger partial charge < -0.3 is 25.6 Å². The molecule has 0 spiro atoms. The van der Waals surface area contributed by atoms with E-state index < -0.39 is 18.2 Å². The number of carbonyl (C=O) groups excluding carboxylic acids is 2. The molecule has 2 aliphatic rings. The number of ether oxygens (including phenoxy) is 1. The van der Waals surface area contributed by atoms with Crippen LogP contribution in [0.1, 0.15) is 30.7 Å². The van der Waals surface area contributed by atoms with Crippen molar-refractivity contribution in [2.45, 2.75) is 37.6 Å². The van der Waals surface area contributed by atoms with Gasteiger partial charge in [0, 0.05) is 38.1 Å². The van der Waals surface area contributed by atoms with Crippen molar-refractivity contribution in [3.8, 4) is 5.75 Å². The minimum atomic E-state index is -4.76. The number of alkyl halides is 3. The molecule has 7 nitrogen and oxygen atoms in total. The van der Waals surface area contributed by atoms with Crippen LogP contribution in [-0.2, 0) is 4.79 Å². The summed E-state index contributed by atoms with van der Waals surface area (Å²) in [4.78, 5) is 28.4. The molecule has 0 radical (unpaired) electrons. The van der Waals surface area contributed by atoms with E-state index in [1.165, 1.54) is 24.3 Å². The molecule has 2 unspecified atom stereocenters. The molecule has 1 aromatic carbocycles. The number of benzene rings is 1. The summed E-state index contributed by atoms with van der Waals surface area (Å²) < 4.78 is 41.0. The molecule has 10 heteroatoms. The Morgan fingerprint density at radius 1 is 1.10 bits per heavy atom. The minimum Gasteiger partial charge on any atom is -0.406 e. The molecule has 3 rings (SSSR count). The monoisotopic (exact) mass is 428 g/mol. The Hall–Kier alpha value is -2.49. The van der Waals surface area contributed by atoms with Crippen LogP contribution in [0, 0.1) is 5.92 Å². The zero-order valence-electron chi connectivity index (χ0n) is 16.8. The topological polar surface area (TPSA) is 87.9 Å². The van der Waals surface area contributed by atoms with Crippen LogP contribution < -0.4 is 15.8 Å². The SMILES string of the molecule is CNC1CCN(C(=O)N2CC(C(N)=O)CC(c3ccc(OC(F)(F)F)cc3)C2)CC1. The quantitative estimate of drug-likeness (QED) is 0.770. The van der Waals surface area contributed by atoms with Crippen molar-refractivity contribution in [3.63, 3.8) is 0 Å². The molecule has 2 fully saturated rings. The van der Waals surface area contributed by atoms with Crippen molar-refractivity contribution in [1.29, 1.82) is 0 Å². The highest BCUT2D eigenvalue weighted by Gasteiger charge is 2.36. The Morgan fingerprint density at radius 3 is 2.27 bits per heavy atom. The standard InChI is InChI=1S/C20H27F3N4O3/c1-25-16-6-8-26(9-7-16)19(29)27-11-14(10-15(12-27)18(24)28)13-2-4-17(5-3-13)30-20(21,22)23/h2-5,14-16,25H,6-12H2,1H3,(H2,24,28). The van der Waals surface area contributed by atoms with Gasteiger partial charge in [0.15, 0.2) is 0 Å². The molecule has 166 valence electrons. The molecule has 2 saturated heterocycles. The van der Waals surface area contributed by atoms with Crippen molar-refractivity contribution < 1.29 is 27.5 Å². The summed E-state index contributed by atoms with van der Waals surface area (Å²) >= 11 is 0. The summed E-state index contributed by atoms with van der Waals surface area (Å²) in [5, 5.41) is 3.22. The Bertz CT molecular complexity index is 749. The smallest absolute Gasteiger partial charge is 0.406 e. The van der Waals surface area contributed by atoms with Crippen LogP contribution in [0.15, 0.2) is 24.3 Å². The number of carbonyl (C=O) groups is 2. The van der Waals surface area contributed by atoms with Gasteiger partial charge in [0.25, 0.3) is 0 Å². The van der Waals surface area contributed by atoms with Crippen LogP contribution in [0.3, 0.4) is 0 Å². The van der Waals surface area contributed by atoms with E-state index in [1.807, 2.05) is 7.05 Å². The first-order valence-electron chi connectivity index (χ1n) is 10.0. The van der Waals surface area contributed by atoms with E-state index in [0.29, 0.717) is 32.1 Å². The number of piperidine rings is 2. The molecule has 3 amide bonds.